The minimum absolute atomic E-state index is 0.158. The van der Waals surface area contributed by atoms with Gasteiger partial charge in [0.25, 0.3) is 5.91 Å². The molecule has 1 amide bonds. The van der Waals surface area contributed by atoms with E-state index in [1.54, 1.807) is 23.1 Å². The predicted molar refractivity (Wildman–Crippen MR) is 119 cm³/mol. The van der Waals surface area contributed by atoms with Crippen LogP contribution < -0.4 is 14.8 Å². The molecule has 0 unspecified atom stereocenters. The number of nitrogens with zero attached hydrogens (tertiary/aromatic N) is 3. The largest absolute Gasteiger partial charge is 0.494 e. The summed E-state index contributed by atoms with van der Waals surface area (Å²) in [6.07, 6.45) is 1.58. The summed E-state index contributed by atoms with van der Waals surface area (Å²) in [6, 6.07) is 18.7. The van der Waals surface area contributed by atoms with Gasteiger partial charge in [-0.15, -0.1) is 5.10 Å². The van der Waals surface area contributed by atoms with Crippen molar-refractivity contribution < 1.29 is 18.7 Å². The van der Waals surface area contributed by atoms with E-state index < -0.39 is 5.91 Å². The molecule has 32 heavy (non-hydrogen) atoms. The lowest BCUT2D eigenvalue weighted by atomic mass is 10.1. The monoisotopic (exact) mass is 432 g/mol. The van der Waals surface area contributed by atoms with E-state index in [1.165, 1.54) is 5.56 Å². The molecule has 0 radical (unpaired) electrons. The number of hydrogen-bond acceptors (Lipinski definition) is 6. The van der Waals surface area contributed by atoms with Crippen LogP contribution in [0.2, 0.25) is 0 Å². The molecule has 2 aromatic carbocycles. The van der Waals surface area contributed by atoms with Crippen LogP contribution in [-0.2, 0) is 13.2 Å². The number of nitrogens with one attached hydrogen (secondary N) is 1. The molecule has 0 fully saturated rings. The van der Waals surface area contributed by atoms with Crippen LogP contribution in [0.5, 0.6) is 11.5 Å². The molecule has 0 spiro atoms. The zero-order chi connectivity index (χ0) is 22.3. The molecule has 1 N–H and O–H groups in total. The summed E-state index contributed by atoms with van der Waals surface area (Å²) in [5, 5.41) is 6.97. The second kappa shape index (κ2) is 9.82. The van der Waals surface area contributed by atoms with Crippen molar-refractivity contribution in [2.24, 2.45) is 0 Å². The summed E-state index contributed by atoms with van der Waals surface area (Å²) in [5.41, 5.74) is 2.31. The highest BCUT2D eigenvalue weighted by Crippen LogP contribution is 2.19. The summed E-state index contributed by atoms with van der Waals surface area (Å²) in [7, 11) is 0. The maximum atomic E-state index is 12.5. The van der Waals surface area contributed by atoms with Gasteiger partial charge in [0.2, 0.25) is 5.95 Å². The first kappa shape index (κ1) is 21.2. The fourth-order valence-electron chi connectivity index (χ4n) is 3.08. The van der Waals surface area contributed by atoms with Crippen LogP contribution in [0, 0.1) is 6.92 Å². The number of anilines is 1. The smallest absolute Gasteiger partial charge is 0.293 e. The van der Waals surface area contributed by atoms with Crippen LogP contribution in [0.1, 0.15) is 34.4 Å². The number of hydrogen-bond donors (Lipinski definition) is 1. The quantitative estimate of drug-likeness (QED) is 0.420. The SMILES string of the molecule is CCOc1ccc(OCc2ccc(C(=O)Nc3ncn(Cc4ccccc4C)n3)o2)cc1. The van der Waals surface area contributed by atoms with Gasteiger partial charge in [0.05, 0.1) is 13.2 Å². The summed E-state index contributed by atoms with van der Waals surface area (Å²) < 4.78 is 18.4. The van der Waals surface area contributed by atoms with Crippen molar-refractivity contribution in [3.63, 3.8) is 0 Å². The van der Waals surface area contributed by atoms with Crippen LogP contribution >= 0.6 is 0 Å². The number of aryl methyl sites for hydroxylation is 1. The van der Waals surface area contributed by atoms with Gasteiger partial charge in [-0.25, -0.2) is 9.67 Å². The normalized spacial score (nSPS) is 10.7. The first-order chi connectivity index (χ1) is 15.6. The maximum absolute atomic E-state index is 12.5. The van der Waals surface area contributed by atoms with Gasteiger partial charge in [0.15, 0.2) is 5.76 Å². The molecular weight excluding hydrogens is 408 g/mol. The minimum Gasteiger partial charge on any atom is -0.494 e. The first-order valence-electron chi connectivity index (χ1n) is 10.3. The standard InChI is InChI=1S/C24H24N4O4/c1-3-30-19-8-10-20(11-9-19)31-15-21-12-13-22(32-21)23(29)26-24-25-16-28(27-24)14-18-7-5-4-6-17(18)2/h4-13,16H,3,14-15H2,1-2H3,(H,26,27,29). The third kappa shape index (κ3) is 5.34. The van der Waals surface area contributed by atoms with Crippen LogP contribution in [0.15, 0.2) is 71.4 Å². The van der Waals surface area contributed by atoms with Gasteiger partial charge in [0.1, 0.15) is 30.2 Å². The lowest BCUT2D eigenvalue weighted by Gasteiger charge is -2.06. The van der Waals surface area contributed by atoms with E-state index in [2.05, 4.69) is 15.4 Å². The zero-order valence-electron chi connectivity index (χ0n) is 17.9. The van der Waals surface area contributed by atoms with E-state index in [4.69, 9.17) is 13.9 Å². The number of amides is 1. The second-order valence-corrected chi connectivity index (χ2v) is 7.11. The highest BCUT2D eigenvalue weighted by atomic mass is 16.5. The lowest BCUT2D eigenvalue weighted by molar-refractivity contribution is 0.0991. The Morgan fingerprint density at radius 3 is 2.53 bits per heavy atom. The van der Waals surface area contributed by atoms with Gasteiger partial charge in [-0.2, -0.15) is 0 Å². The Labute approximate surface area is 185 Å². The van der Waals surface area contributed by atoms with E-state index in [1.807, 2.05) is 62.4 Å². The highest BCUT2D eigenvalue weighted by Gasteiger charge is 2.14. The van der Waals surface area contributed by atoms with Gasteiger partial charge in [-0.3, -0.25) is 10.1 Å². The van der Waals surface area contributed by atoms with Crippen molar-refractivity contribution in [3.8, 4) is 11.5 Å². The highest BCUT2D eigenvalue weighted by molar-refractivity contribution is 6.01. The van der Waals surface area contributed by atoms with Crippen LogP contribution in [-0.4, -0.2) is 27.3 Å². The molecule has 164 valence electrons. The third-order valence-corrected chi connectivity index (χ3v) is 4.76. The Morgan fingerprint density at radius 2 is 1.78 bits per heavy atom. The van der Waals surface area contributed by atoms with Gasteiger partial charge in [-0.05, 0) is 61.4 Å². The molecule has 0 aliphatic heterocycles. The van der Waals surface area contributed by atoms with Gasteiger partial charge in [-0.1, -0.05) is 24.3 Å². The molecule has 8 nitrogen and oxygen atoms in total. The van der Waals surface area contributed by atoms with Gasteiger partial charge in [0, 0.05) is 0 Å². The molecule has 0 aliphatic carbocycles. The number of aromatic nitrogens is 3. The number of carbonyl (C=O) groups excluding carboxylic acids is 1. The summed E-state index contributed by atoms with van der Waals surface area (Å²) in [5.74, 6) is 1.94. The Balaban J connectivity index is 1.31. The molecule has 2 heterocycles. The van der Waals surface area contributed by atoms with E-state index in [0.717, 1.165) is 11.3 Å². The Bertz CT molecular complexity index is 1180. The van der Waals surface area contributed by atoms with Crippen molar-refractivity contribution in [1.82, 2.24) is 14.8 Å². The molecule has 0 aliphatic rings. The summed E-state index contributed by atoms with van der Waals surface area (Å²) in [6.45, 7) is 5.36. The average Bonchev–Trinajstić information content (AvgIpc) is 3.45. The predicted octanol–water partition coefficient (Wildman–Crippen LogP) is 4.46. The van der Waals surface area contributed by atoms with Crippen molar-refractivity contribution in [2.75, 3.05) is 11.9 Å². The molecule has 0 saturated carbocycles. The van der Waals surface area contributed by atoms with Crippen LogP contribution in [0.25, 0.3) is 0 Å². The van der Waals surface area contributed by atoms with E-state index >= 15 is 0 Å². The van der Waals surface area contributed by atoms with Crippen molar-refractivity contribution in [3.05, 3.63) is 89.6 Å². The molecule has 4 rings (SSSR count). The van der Waals surface area contributed by atoms with Gasteiger partial charge < -0.3 is 13.9 Å². The third-order valence-electron chi connectivity index (χ3n) is 4.76. The maximum Gasteiger partial charge on any atom is 0.293 e. The number of benzene rings is 2. The second-order valence-electron chi connectivity index (χ2n) is 7.11. The minimum atomic E-state index is -0.425. The Hall–Kier alpha value is -4.07. The van der Waals surface area contributed by atoms with Crippen molar-refractivity contribution >= 4 is 11.9 Å². The van der Waals surface area contributed by atoms with E-state index in [-0.39, 0.29) is 18.3 Å². The van der Waals surface area contributed by atoms with Crippen LogP contribution in [0.3, 0.4) is 0 Å². The first-order valence-corrected chi connectivity index (χ1v) is 10.3. The topological polar surface area (TPSA) is 91.4 Å². The van der Waals surface area contributed by atoms with Crippen molar-refractivity contribution in [2.45, 2.75) is 27.0 Å². The molecule has 4 aromatic rings. The number of furan rings is 1. The molecule has 0 saturated heterocycles. The Morgan fingerprint density at radius 1 is 1.03 bits per heavy atom. The molecule has 0 atom stereocenters. The van der Waals surface area contributed by atoms with Gasteiger partial charge >= 0.3 is 0 Å². The molecule has 2 aromatic heterocycles. The average molecular weight is 432 g/mol. The summed E-state index contributed by atoms with van der Waals surface area (Å²) in [4.78, 5) is 16.6. The number of carbonyl (C=O) groups is 1. The van der Waals surface area contributed by atoms with Crippen LogP contribution in [0.4, 0.5) is 5.95 Å². The number of ether oxygens (including phenoxy) is 2. The molecular formula is C24H24N4O4. The van der Waals surface area contributed by atoms with E-state index in [9.17, 15) is 4.79 Å². The number of rotatable bonds is 9. The van der Waals surface area contributed by atoms with Crippen molar-refractivity contribution in [1.29, 1.82) is 0 Å². The fraction of sp³-hybridized carbons (Fsp3) is 0.208. The van der Waals surface area contributed by atoms with E-state index in [0.29, 0.717) is 24.7 Å². The molecule has 0 bridgehead atoms. The lowest BCUT2D eigenvalue weighted by Crippen LogP contribution is -2.12. The fourth-order valence-corrected chi connectivity index (χ4v) is 3.08. The zero-order valence-corrected chi connectivity index (χ0v) is 17.9. The molecule has 8 heteroatoms. The Kier molecular flexibility index (Phi) is 6.50. The summed E-state index contributed by atoms with van der Waals surface area (Å²) >= 11 is 0.